The van der Waals surface area contributed by atoms with Crippen LogP contribution in [0.15, 0.2) is 52.6 Å². The Bertz CT molecular complexity index is 1150. The molecule has 0 saturated carbocycles. The van der Waals surface area contributed by atoms with Gasteiger partial charge in [-0.15, -0.1) is 0 Å². The summed E-state index contributed by atoms with van der Waals surface area (Å²) in [6.45, 7) is 3.60. The number of aromatic amines is 1. The molecule has 9 heteroatoms. The van der Waals surface area contributed by atoms with E-state index in [9.17, 15) is 18.5 Å². The molecule has 2 N–H and O–H groups in total. The summed E-state index contributed by atoms with van der Waals surface area (Å²) in [5, 5.41) is 15.7. The molecule has 3 aromatic rings. The minimum Gasteiger partial charge on any atom is -0.360 e. The number of hydrogen-bond acceptors (Lipinski definition) is 5. The molecule has 0 spiro atoms. The molecule has 0 radical (unpaired) electrons. The number of nitrogens with one attached hydrogen (secondary N) is 2. The molecule has 0 fully saturated rings. The van der Waals surface area contributed by atoms with E-state index >= 15 is 0 Å². The average Bonchev–Trinajstić information content (AvgIpc) is 3.04. The van der Waals surface area contributed by atoms with Gasteiger partial charge in [-0.3, -0.25) is 10.1 Å². The van der Waals surface area contributed by atoms with Crippen LogP contribution in [0.5, 0.6) is 0 Å². The summed E-state index contributed by atoms with van der Waals surface area (Å²) < 4.78 is 24.7. The summed E-state index contributed by atoms with van der Waals surface area (Å²) in [5.74, 6) is 0. The molecule has 3 rings (SSSR count). The van der Waals surface area contributed by atoms with Gasteiger partial charge in [0.15, 0.2) is 0 Å². The summed E-state index contributed by atoms with van der Waals surface area (Å²) >= 11 is 0. The largest absolute Gasteiger partial charge is 0.360 e. The zero-order chi connectivity index (χ0) is 19.6. The van der Waals surface area contributed by atoms with Crippen LogP contribution in [0.1, 0.15) is 23.6 Å². The minimum atomic E-state index is -4.01. The van der Waals surface area contributed by atoms with Crippen molar-refractivity contribution in [2.45, 2.75) is 25.2 Å². The van der Waals surface area contributed by atoms with Crippen molar-refractivity contribution in [2.24, 2.45) is 5.10 Å². The topological polar surface area (TPSA) is 117 Å². The van der Waals surface area contributed by atoms with Gasteiger partial charge in [-0.1, -0.05) is 31.2 Å². The summed E-state index contributed by atoms with van der Waals surface area (Å²) in [5.41, 5.74) is 2.99. The van der Waals surface area contributed by atoms with Crippen molar-refractivity contribution in [3.63, 3.8) is 0 Å². The predicted octanol–water partition coefficient (Wildman–Crippen LogP) is 3.26. The number of para-hydroxylation sites is 1. The van der Waals surface area contributed by atoms with Gasteiger partial charge in [-0.2, -0.15) is 13.5 Å². The van der Waals surface area contributed by atoms with E-state index in [1.807, 2.05) is 18.2 Å². The van der Waals surface area contributed by atoms with Crippen molar-refractivity contribution in [1.82, 2.24) is 9.82 Å². The van der Waals surface area contributed by atoms with Crippen LogP contribution in [0.4, 0.5) is 5.69 Å². The standard InChI is InChI=1S/C18H18N4O4S/c1-3-13-5-4-6-16-14(10-19-18(13)16)11-20-21-27(25,26)15-8-7-12(2)17(9-15)22(23)24/h4-11,19,21H,3H2,1-2H3/b20-11+. The predicted molar refractivity (Wildman–Crippen MR) is 103 cm³/mol. The third kappa shape index (κ3) is 3.68. The summed E-state index contributed by atoms with van der Waals surface area (Å²) in [7, 11) is -4.01. The maximum Gasteiger partial charge on any atom is 0.276 e. The minimum absolute atomic E-state index is 0.218. The number of hydrazone groups is 1. The van der Waals surface area contributed by atoms with Crippen LogP contribution in [0.25, 0.3) is 10.9 Å². The van der Waals surface area contributed by atoms with E-state index in [1.165, 1.54) is 18.3 Å². The lowest BCUT2D eigenvalue weighted by atomic mass is 10.1. The van der Waals surface area contributed by atoms with E-state index in [0.29, 0.717) is 5.56 Å². The van der Waals surface area contributed by atoms with Crippen molar-refractivity contribution < 1.29 is 13.3 Å². The van der Waals surface area contributed by atoms with Gasteiger partial charge < -0.3 is 4.98 Å². The van der Waals surface area contributed by atoms with Crippen LogP contribution in [0, 0.1) is 17.0 Å². The first-order valence-electron chi connectivity index (χ1n) is 8.22. The SMILES string of the molecule is CCc1cccc2c(/C=N/NS(=O)(=O)c3ccc(C)c([N+](=O)[O-])c3)c[nH]c12. The second-order valence-corrected chi connectivity index (χ2v) is 7.66. The van der Waals surface area contributed by atoms with E-state index < -0.39 is 14.9 Å². The Labute approximate surface area is 156 Å². The third-order valence-electron chi connectivity index (χ3n) is 4.28. The molecule has 0 unspecified atom stereocenters. The number of benzene rings is 2. The van der Waals surface area contributed by atoms with Gasteiger partial charge in [0.2, 0.25) is 0 Å². The van der Waals surface area contributed by atoms with E-state index in [4.69, 9.17) is 0 Å². The monoisotopic (exact) mass is 386 g/mol. The fourth-order valence-corrected chi connectivity index (χ4v) is 3.62. The highest BCUT2D eigenvalue weighted by atomic mass is 32.2. The van der Waals surface area contributed by atoms with E-state index in [0.717, 1.165) is 34.5 Å². The molecule has 0 atom stereocenters. The Morgan fingerprint density at radius 2 is 2.07 bits per heavy atom. The maximum absolute atomic E-state index is 12.4. The second-order valence-electron chi connectivity index (χ2n) is 6.00. The van der Waals surface area contributed by atoms with Crippen molar-refractivity contribution in [3.8, 4) is 0 Å². The van der Waals surface area contributed by atoms with Crippen LogP contribution in [-0.2, 0) is 16.4 Å². The van der Waals surface area contributed by atoms with E-state index in [2.05, 4.69) is 21.8 Å². The molecular weight excluding hydrogens is 368 g/mol. The molecule has 0 bridgehead atoms. The van der Waals surface area contributed by atoms with Crippen LogP contribution in [0.2, 0.25) is 0 Å². The molecule has 27 heavy (non-hydrogen) atoms. The zero-order valence-electron chi connectivity index (χ0n) is 14.8. The third-order valence-corrected chi connectivity index (χ3v) is 5.50. The second kappa shape index (κ2) is 7.20. The van der Waals surface area contributed by atoms with E-state index in [1.54, 1.807) is 13.1 Å². The molecule has 0 saturated heterocycles. The van der Waals surface area contributed by atoms with Gasteiger partial charge in [-0.25, -0.2) is 4.83 Å². The molecule has 2 aromatic carbocycles. The number of aryl methyl sites for hydroxylation is 2. The molecule has 1 heterocycles. The Morgan fingerprint density at radius 3 is 2.78 bits per heavy atom. The Hall–Kier alpha value is -3.20. The smallest absolute Gasteiger partial charge is 0.276 e. The molecule has 1 aromatic heterocycles. The lowest BCUT2D eigenvalue weighted by Gasteiger charge is -2.04. The molecule has 0 aliphatic heterocycles. The van der Waals surface area contributed by atoms with Crippen LogP contribution in [0.3, 0.4) is 0 Å². The van der Waals surface area contributed by atoms with Crippen molar-refractivity contribution in [3.05, 3.63) is 69.4 Å². The van der Waals surface area contributed by atoms with Gasteiger partial charge in [0.1, 0.15) is 0 Å². The summed E-state index contributed by atoms with van der Waals surface area (Å²) in [6, 6.07) is 9.59. The van der Waals surface area contributed by atoms with Gasteiger partial charge in [0.05, 0.1) is 16.0 Å². The number of H-pyrrole nitrogens is 1. The highest BCUT2D eigenvalue weighted by Gasteiger charge is 2.19. The number of rotatable bonds is 6. The molecule has 0 amide bonds. The van der Waals surface area contributed by atoms with Crippen LogP contribution < -0.4 is 4.83 Å². The van der Waals surface area contributed by atoms with Gasteiger partial charge in [-0.05, 0) is 25.0 Å². The molecule has 8 nitrogen and oxygen atoms in total. The number of nitro groups is 1. The molecule has 0 aliphatic rings. The fraction of sp³-hybridized carbons (Fsp3) is 0.167. The van der Waals surface area contributed by atoms with Gasteiger partial charge in [0, 0.05) is 34.3 Å². The number of fused-ring (bicyclic) bond motifs is 1. The maximum atomic E-state index is 12.4. The average molecular weight is 386 g/mol. The van der Waals surface area contributed by atoms with Crippen molar-refractivity contribution >= 4 is 32.8 Å². The molecular formula is C18H18N4O4S. The highest BCUT2D eigenvalue weighted by Crippen LogP contribution is 2.23. The summed E-state index contributed by atoms with van der Waals surface area (Å²) in [4.78, 5) is 15.4. The number of nitro benzene ring substituents is 1. The first kappa shape index (κ1) is 18.6. The Balaban J connectivity index is 1.86. The number of aromatic nitrogens is 1. The number of sulfonamides is 1. The summed E-state index contributed by atoms with van der Waals surface area (Å²) in [6.07, 6.45) is 4.02. The fourth-order valence-electron chi connectivity index (χ4n) is 2.81. The van der Waals surface area contributed by atoms with Crippen molar-refractivity contribution in [2.75, 3.05) is 0 Å². The lowest BCUT2D eigenvalue weighted by Crippen LogP contribution is -2.18. The Morgan fingerprint density at radius 1 is 1.30 bits per heavy atom. The molecule has 0 aliphatic carbocycles. The quantitative estimate of drug-likeness (QED) is 0.384. The van der Waals surface area contributed by atoms with Crippen LogP contribution >= 0.6 is 0 Å². The normalized spacial score (nSPS) is 11.9. The number of hydrogen-bond donors (Lipinski definition) is 2. The first-order chi connectivity index (χ1) is 12.8. The Kier molecular flexibility index (Phi) is 4.95. The highest BCUT2D eigenvalue weighted by molar-refractivity contribution is 7.89. The van der Waals surface area contributed by atoms with Crippen molar-refractivity contribution in [1.29, 1.82) is 0 Å². The van der Waals surface area contributed by atoms with E-state index in [-0.39, 0.29) is 10.6 Å². The van der Waals surface area contributed by atoms with Gasteiger partial charge in [0.25, 0.3) is 15.7 Å². The molecule has 140 valence electrons. The van der Waals surface area contributed by atoms with Gasteiger partial charge >= 0.3 is 0 Å². The first-order valence-corrected chi connectivity index (χ1v) is 9.70. The lowest BCUT2D eigenvalue weighted by molar-refractivity contribution is -0.385. The zero-order valence-corrected chi connectivity index (χ0v) is 15.6. The van der Waals surface area contributed by atoms with Crippen LogP contribution in [-0.4, -0.2) is 24.5 Å². The number of nitrogens with zero attached hydrogens (tertiary/aromatic N) is 2.